The Morgan fingerprint density at radius 3 is 2.48 bits per heavy atom. The maximum absolute atomic E-state index is 13.4. The molecule has 0 saturated heterocycles. The van der Waals surface area contributed by atoms with Gasteiger partial charge in [0.15, 0.2) is 0 Å². The first kappa shape index (κ1) is 19.3. The van der Waals surface area contributed by atoms with E-state index in [1.165, 1.54) is 13.0 Å². The van der Waals surface area contributed by atoms with Gasteiger partial charge in [-0.05, 0) is 38.6 Å². The summed E-state index contributed by atoms with van der Waals surface area (Å²) in [5.41, 5.74) is -2.18. The molecule has 25 heavy (non-hydrogen) atoms. The highest BCUT2D eigenvalue weighted by Gasteiger charge is 2.56. The lowest BCUT2D eigenvalue weighted by atomic mass is 9.95. The number of aliphatic hydroxyl groups is 1. The Bertz CT molecular complexity index is 684. The van der Waals surface area contributed by atoms with E-state index < -0.39 is 24.0 Å². The highest BCUT2D eigenvalue weighted by molar-refractivity contribution is 5.33. The van der Waals surface area contributed by atoms with Crippen LogP contribution in [0.1, 0.15) is 30.4 Å². The van der Waals surface area contributed by atoms with Gasteiger partial charge < -0.3 is 19.6 Å². The molecule has 0 aliphatic carbocycles. The van der Waals surface area contributed by atoms with Crippen molar-refractivity contribution in [1.82, 2.24) is 5.32 Å². The number of hydrogen-bond donors (Lipinski definition) is 2. The number of aryl methyl sites for hydroxylation is 1. The summed E-state index contributed by atoms with van der Waals surface area (Å²) in [7, 11) is 0. The van der Waals surface area contributed by atoms with Crippen LogP contribution in [0.15, 0.2) is 40.8 Å². The lowest BCUT2D eigenvalue weighted by molar-refractivity contribution is -0.274. The normalized spacial score (nSPS) is 14.3. The minimum absolute atomic E-state index is 0.0454. The van der Waals surface area contributed by atoms with Crippen molar-refractivity contribution in [3.63, 3.8) is 0 Å². The fourth-order valence-corrected chi connectivity index (χ4v) is 2.50. The Morgan fingerprint density at radius 2 is 1.88 bits per heavy atom. The van der Waals surface area contributed by atoms with Crippen LogP contribution < -0.4 is 10.1 Å². The molecule has 1 unspecified atom stereocenters. The van der Waals surface area contributed by atoms with Crippen molar-refractivity contribution < 1.29 is 27.4 Å². The fourth-order valence-electron chi connectivity index (χ4n) is 2.50. The summed E-state index contributed by atoms with van der Waals surface area (Å²) >= 11 is 0. The number of nitrogens with one attached hydrogen (secondary N) is 1. The molecule has 0 saturated carbocycles. The third-order valence-electron chi connectivity index (χ3n) is 3.87. The van der Waals surface area contributed by atoms with Gasteiger partial charge in [-0.1, -0.05) is 18.2 Å². The van der Waals surface area contributed by atoms with Crippen molar-refractivity contribution >= 4 is 0 Å². The van der Waals surface area contributed by atoms with Crippen LogP contribution in [0.2, 0.25) is 0 Å². The molecule has 138 valence electrons. The van der Waals surface area contributed by atoms with E-state index >= 15 is 0 Å². The van der Waals surface area contributed by atoms with Gasteiger partial charge in [-0.2, -0.15) is 13.2 Å². The topological polar surface area (TPSA) is 54.6 Å². The Balaban J connectivity index is 2.01. The molecule has 7 heteroatoms. The first-order chi connectivity index (χ1) is 11.8. The molecule has 0 aliphatic heterocycles. The van der Waals surface area contributed by atoms with Crippen molar-refractivity contribution in [3.05, 3.63) is 53.5 Å². The van der Waals surface area contributed by atoms with Gasteiger partial charge in [-0.3, -0.25) is 0 Å². The van der Waals surface area contributed by atoms with Crippen LogP contribution in [0.5, 0.6) is 5.75 Å². The molecular formula is C18H22F3NO3. The predicted octanol–water partition coefficient (Wildman–Crippen LogP) is 3.92. The van der Waals surface area contributed by atoms with Gasteiger partial charge in [0, 0.05) is 18.5 Å². The standard InChI is InChI=1S/C18H22F3NO3/c1-3-24-15-7-5-4-6-14(15)12-22-11-10-17(23,18(19,20)21)16-9-8-13(2)25-16/h4-9,22-23H,3,10-12H2,1-2H3. The predicted molar refractivity (Wildman–Crippen MR) is 87.3 cm³/mol. The highest BCUT2D eigenvalue weighted by atomic mass is 19.4. The molecule has 0 aliphatic rings. The van der Waals surface area contributed by atoms with E-state index in [9.17, 15) is 18.3 Å². The summed E-state index contributed by atoms with van der Waals surface area (Å²) in [6, 6.07) is 9.86. The van der Waals surface area contributed by atoms with E-state index in [0.29, 0.717) is 24.7 Å². The molecule has 0 radical (unpaired) electrons. The largest absolute Gasteiger partial charge is 0.494 e. The number of para-hydroxylation sites is 1. The van der Waals surface area contributed by atoms with E-state index in [-0.39, 0.29) is 6.54 Å². The number of hydrogen-bond acceptors (Lipinski definition) is 4. The van der Waals surface area contributed by atoms with Crippen molar-refractivity contribution in [1.29, 1.82) is 0 Å². The van der Waals surface area contributed by atoms with Gasteiger partial charge in [0.1, 0.15) is 17.3 Å². The molecule has 2 rings (SSSR count). The van der Waals surface area contributed by atoms with Gasteiger partial charge in [0.2, 0.25) is 5.60 Å². The lowest BCUT2D eigenvalue weighted by Gasteiger charge is -2.28. The van der Waals surface area contributed by atoms with Crippen LogP contribution in [0, 0.1) is 6.92 Å². The monoisotopic (exact) mass is 357 g/mol. The van der Waals surface area contributed by atoms with Gasteiger partial charge in [0.25, 0.3) is 0 Å². The average Bonchev–Trinajstić information content (AvgIpc) is 2.99. The van der Waals surface area contributed by atoms with Gasteiger partial charge in [-0.15, -0.1) is 0 Å². The molecule has 2 aromatic rings. The van der Waals surface area contributed by atoms with Crippen LogP contribution >= 0.6 is 0 Å². The van der Waals surface area contributed by atoms with Gasteiger partial charge in [0.05, 0.1) is 6.61 Å². The zero-order valence-electron chi connectivity index (χ0n) is 14.2. The summed E-state index contributed by atoms with van der Waals surface area (Å²) in [5.74, 6) is 0.510. The summed E-state index contributed by atoms with van der Waals surface area (Å²) < 4.78 is 50.6. The van der Waals surface area contributed by atoms with Crippen molar-refractivity contribution in [2.75, 3.05) is 13.2 Å². The van der Waals surface area contributed by atoms with E-state index in [2.05, 4.69) is 5.32 Å². The van der Waals surface area contributed by atoms with E-state index in [1.54, 1.807) is 6.07 Å². The maximum atomic E-state index is 13.4. The zero-order chi connectivity index (χ0) is 18.5. The molecule has 1 atom stereocenters. The molecule has 1 aromatic heterocycles. The summed E-state index contributed by atoms with van der Waals surface area (Å²) in [6.45, 7) is 4.18. The van der Waals surface area contributed by atoms with Gasteiger partial charge >= 0.3 is 6.18 Å². The zero-order valence-corrected chi connectivity index (χ0v) is 14.2. The number of rotatable bonds is 8. The van der Waals surface area contributed by atoms with Crippen LogP contribution in [0.25, 0.3) is 0 Å². The molecule has 2 N–H and O–H groups in total. The Kier molecular flexibility index (Phi) is 6.13. The molecule has 0 fully saturated rings. The van der Waals surface area contributed by atoms with Crippen molar-refractivity contribution in [2.45, 2.75) is 38.6 Å². The number of ether oxygens (including phenoxy) is 1. The minimum atomic E-state index is -4.83. The molecule has 1 aromatic carbocycles. The minimum Gasteiger partial charge on any atom is -0.494 e. The second kappa shape index (κ2) is 7.93. The third-order valence-corrected chi connectivity index (χ3v) is 3.87. The van der Waals surface area contributed by atoms with Crippen LogP contribution in [0.3, 0.4) is 0 Å². The quantitative estimate of drug-likeness (QED) is 0.703. The van der Waals surface area contributed by atoms with Crippen LogP contribution in [-0.4, -0.2) is 24.4 Å². The number of alkyl halides is 3. The first-order valence-corrected chi connectivity index (χ1v) is 8.05. The first-order valence-electron chi connectivity index (χ1n) is 8.05. The molecule has 4 nitrogen and oxygen atoms in total. The van der Waals surface area contributed by atoms with Crippen molar-refractivity contribution in [2.24, 2.45) is 0 Å². The second-order valence-electron chi connectivity index (χ2n) is 5.74. The van der Waals surface area contributed by atoms with Crippen LogP contribution in [0.4, 0.5) is 13.2 Å². The highest BCUT2D eigenvalue weighted by Crippen LogP contribution is 2.42. The SMILES string of the molecule is CCOc1ccccc1CNCCC(O)(c1ccc(C)o1)C(F)(F)F. The second-order valence-corrected chi connectivity index (χ2v) is 5.74. The Morgan fingerprint density at radius 1 is 1.16 bits per heavy atom. The number of halogens is 3. The summed E-state index contributed by atoms with van der Waals surface area (Å²) in [4.78, 5) is 0. The van der Waals surface area contributed by atoms with Crippen LogP contribution in [-0.2, 0) is 12.1 Å². The fraction of sp³-hybridized carbons (Fsp3) is 0.444. The van der Waals surface area contributed by atoms with E-state index in [4.69, 9.17) is 9.15 Å². The Labute approximate surface area is 144 Å². The van der Waals surface area contributed by atoms with E-state index in [1.807, 2.05) is 25.1 Å². The lowest BCUT2D eigenvalue weighted by Crippen LogP contribution is -2.44. The smallest absolute Gasteiger partial charge is 0.424 e. The maximum Gasteiger partial charge on any atom is 0.424 e. The molecule has 0 amide bonds. The molecule has 0 spiro atoms. The third kappa shape index (κ3) is 4.55. The van der Waals surface area contributed by atoms with Gasteiger partial charge in [-0.25, -0.2) is 0 Å². The molecular weight excluding hydrogens is 335 g/mol. The molecule has 0 bridgehead atoms. The number of benzene rings is 1. The summed E-state index contributed by atoms with van der Waals surface area (Å²) in [5, 5.41) is 13.1. The van der Waals surface area contributed by atoms with Crippen molar-refractivity contribution in [3.8, 4) is 5.75 Å². The summed E-state index contributed by atoms with van der Waals surface area (Å²) in [6.07, 6.45) is -5.39. The van der Waals surface area contributed by atoms with E-state index in [0.717, 1.165) is 11.6 Å². The Hall–Kier alpha value is -1.99. The number of furan rings is 1. The average molecular weight is 357 g/mol. The molecule has 1 heterocycles.